The number of benzene rings is 2. The molecule has 0 saturated carbocycles. The minimum Gasteiger partial charge on any atom is -0.493 e. The molecule has 0 aliphatic heterocycles. The van der Waals surface area contributed by atoms with Gasteiger partial charge in [0.2, 0.25) is 0 Å². The van der Waals surface area contributed by atoms with E-state index in [1.165, 1.54) is 14.2 Å². The molecule has 0 fully saturated rings. The van der Waals surface area contributed by atoms with Gasteiger partial charge in [-0.3, -0.25) is 4.79 Å². The van der Waals surface area contributed by atoms with Crippen molar-refractivity contribution < 1.29 is 14.3 Å². The van der Waals surface area contributed by atoms with Crippen molar-refractivity contribution in [1.82, 2.24) is 5.32 Å². The molecule has 1 amide bonds. The molecular weight excluding hydrogens is 337 g/mol. The van der Waals surface area contributed by atoms with Crippen LogP contribution in [0.4, 0.5) is 0 Å². The lowest BCUT2D eigenvalue weighted by Crippen LogP contribution is -2.27. The molecule has 4 nitrogen and oxygen atoms in total. The van der Waals surface area contributed by atoms with Crippen LogP contribution in [-0.4, -0.2) is 20.1 Å². The predicted molar refractivity (Wildman–Crippen MR) is 91.9 cm³/mol. The number of hydrogen-bond donors (Lipinski definition) is 1. The van der Waals surface area contributed by atoms with Gasteiger partial charge in [0.05, 0.1) is 35.9 Å². The van der Waals surface area contributed by atoms with Crippen LogP contribution in [0.25, 0.3) is 0 Å². The van der Waals surface area contributed by atoms with Gasteiger partial charge in [0.15, 0.2) is 11.5 Å². The van der Waals surface area contributed by atoms with Crippen molar-refractivity contribution in [2.45, 2.75) is 13.0 Å². The first-order valence-corrected chi connectivity index (χ1v) is 7.70. The molecule has 2 aromatic carbocycles. The van der Waals surface area contributed by atoms with Crippen molar-refractivity contribution in [1.29, 1.82) is 0 Å². The van der Waals surface area contributed by atoms with E-state index in [9.17, 15) is 4.79 Å². The van der Waals surface area contributed by atoms with Gasteiger partial charge in [0, 0.05) is 0 Å². The van der Waals surface area contributed by atoms with Crippen LogP contribution in [0.5, 0.6) is 11.5 Å². The first-order chi connectivity index (χ1) is 11.0. The van der Waals surface area contributed by atoms with E-state index in [2.05, 4.69) is 5.32 Å². The molecule has 0 bridgehead atoms. The predicted octanol–water partition coefficient (Wildman–Crippen LogP) is 4.50. The molecule has 0 spiro atoms. The quantitative estimate of drug-likeness (QED) is 0.860. The number of para-hydroxylation sites is 1. The van der Waals surface area contributed by atoms with E-state index in [4.69, 9.17) is 32.7 Å². The van der Waals surface area contributed by atoms with E-state index >= 15 is 0 Å². The summed E-state index contributed by atoms with van der Waals surface area (Å²) in [6.07, 6.45) is 0. The molecular formula is C17H17Cl2NO3. The lowest BCUT2D eigenvalue weighted by Gasteiger charge is -2.17. The standard InChI is InChI=1S/C17H17Cl2NO3/c1-10(11-7-8-13(18)14(19)9-11)20-17(21)12-5-4-6-15(22-2)16(12)23-3/h4-10H,1-3H3,(H,20,21). The number of amides is 1. The maximum Gasteiger partial charge on any atom is 0.255 e. The zero-order valence-electron chi connectivity index (χ0n) is 13.0. The molecule has 0 aromatic heterocycles. The van der Waals surface area contributed by atoms with E-state index in [-0.39, 0.29) is 11.9 Å². The summed E-state index contributed by atoms with van der Waals surface area (Å²) in [5, 5.41) is 3.83. The Kier molecular flexibility index (Phi) is 5.74. The maximum absolute atomic E-state index is 12.5. The van der Waals surface area contributed by atoms with E-state index in [1.54, 1.807) is 30.3 Å². The van der Waals surface area contributed by atoms with Crippen molar-refractivity contribution in [3.05, 3.63) is 57.6 Å². The molecule has 0 radical (unpaired) electrons. The Hall–Kier alpha value is -1.91. The number of carbonyl (C=O) groups is 1. The van der Waals surface area contributed by atoms with Gasteiger partial charge in [-0.25, -0.2) is 0 Å². The monoisotopic (exact) mass is 353 g/mol. The summed E-state index contributed by atoms with van der Waals surface area (Å²) >= 11 is 11.9. The van der Waals surface area contributed by atoms with Crippen LogP contribution in [0, 0.1) is 0 Å². The van der Waals surface area contributed by atoms with Gasteiger partial charge in [0.1, 0.15) is 0 Å². The molecule has 0 heterocycles. The Morgan fingerprint density at radius 1 is 1.09 bits per heavy atom. The molecule has 1 atom stereocenters. The van der Waals surface area contributed by atoms with Crippen LogP contribution in [0.15, 0.2) is 36.4 Å². The largest absolute Gasteiger partial charge is 0.493 e. The molecule has 0 aliphatic carbocycles. The topological polar surface area (TPSA) is 47.6 Å². The number of hydrogen-bond acceptors (Lipinski definition) is 3. The lowest BCUT2D eigenvalue weighted by atomic mass is 10.1. The Balaban J connectivity index is 2.23. The zero-order chi connectivity index (χ0) is 17.0. The Labute approximate surface area is 145 Å². The molecule has 0 saturated heterocycles. The van der Waals surface area contributed by atoms with Gasteiger partial charge in [-0.1, -0.05) is 35.3 Å². The molecule has 122 valence electrons. The van der Waals surface area contributed by atoms with E-state index in [0.29, 0.717) is 27.1 Å². The van der Waals surface area contributed by atoms with Crippen LogP contribution in [-0.2, 0) is 0 Å². The summed E-state index contributed by atoms with van der Waals surface area (Å²) in [7, 11) is 3.02. The second kappa shape index (κ2) is 7.57. The number of halogens is 2. The van der Waals surface area contributed by atoms with Gasteiger partial charge >= 0.3 is 0 Å². The summed E-state index contributed by atoms with van der Waals surface area (Å²) in [6.45, 7) is 1.87. The average molecular weight is 354 g/mol. The molecule has 0 aliphatic rings. The third kappa shape index (κ3) is 3.89. The molecule has 1 N–H and O–H groups in total. The second-order valence-corrected chi connectivity index (χ2v) is 5.72. The van der Waals surface area contributed by atoms with Crippen molar-refractivity contribution in [3.63, 3.8) is 0 Å². The molecule has 6 heteroatoms. The zero-order valence-corrected chi connectivity index (χ0v) is 14.5. The van der Waals surface area contributed by atoms with Crippen molar-refractivity contribution in [2.75, 3.05) is 14.2 Å². The van der Waals surface area contributed by atoms with Crippen LogP contribution in [0.3, 0.4) is 0 Å². The number of carbonyl (C=O) groups excluding carboxylic acids is 1. The SMILES string of the molecule is COc1cccc(C(=O)NC(C)c2ccc(Cl)c(Cl)c2)c1OC. The first-order valence-electron chi connectivity index (χ1n) is 6.94. The van der Waals surface area contributed by atoms with Gasteiger partial charge < -0.3 is 14.8 Å². The van der Waals surface area contributed by atoms with E-state index in [1.807, 2.05) is 13.0 Å². The van der Waals surface area contributed by atoms with Crippen LogP contribution in [0.2, 0.25) is 10.0 Å². The van der Waals surface area contributed by atoms with Crippen molar-refractivity contribution >= 4 is 29.1 Å². The molecule has 23 heavy (non-hydrogen) atoms. The number of methoxy groups -OCH3 is 2. The van der Waals surface area contributed by atoms with E-state index in [0.717, 1.165) is 5.56 Å². The third-order valence-electron chi connectivity index (χ3n) is 3.44. The Morgan fingerprint density at radius 3 is 2.43 bits per heavy atom. The van der Waals surface area contributed by atoms with Crippen LogP contribution < -0.4 is 14.8 Å². The van der Waals surface area contributed by atoms with Crippen molar-refractivity contribution in [3.8, 4) is 11.5 Å². The number of rotatable bonds is 5. The highest BCUT2D eigenvalue weighted by Crippen LogP contribution is 2.31. The van der Waals surface area contributed by atoms with E-state index < -0.39 is 0 Å². The van der Waals surface area contributed by atoms with Gasteiger partial charge in [-0.05, 0) is 36.8 Å². The lowest BCUT2D eigenvalue weighted by molar-refractivity contribution is 0.0936. The molecule has 2 rings (SSSR count). The summed E-state index contributed by atoms with van der Waals surface area (Å²) in [4.78, 5) is 12.5. The van der Waals surface area contributed by atoms with Crippen LogP contribution in [0.1, 0.15) is 28.9 Å². The highest BCUT2D eigenvalue weighted by Gasteiger charge is 2.18. The summed E-state index contributed by atoms with van der Waals surface area (Å²) in [5.41, 5.74) is 1.26. The molecule has 2 aromatic rings. The average Bonchev–Trinajstić information content (AvgIpc) is 2.56. The normalized spacial score (nSPS) is 11.7. The van der Waals surface area contributed by atoms with Gasteiger partial charge in [0.25, 0.3) is 5.91 Å². The van der Waals surface area contributed by atoms with Gasteiger partial charge in [-0.2, -0.15) is 0 Å². The third-order valence-corrected chi connectivity index (χ3v) is 4.18. The minimum absolute atomic E-state index is 0.242. The fourth-order valence-corrected chi connectivity index (χ4v) is 2.51. The number of nitrogens with one attached hydrogen (secondary N) is 1. The van der Waals surface area contributed by atoms with Gasteiger partial charge in [-0.15, -0.1) is 0 Å². The number of ether oxygens (including phenoxy) is 2. The highest BCUT2D eigenvalue weighted by atomic mass is 35.5. The van der Waals surface area contributed by atoms with Crippen molar-refractivity contribution in [2.24, 2.45) is 0 Å². The summed E-state index contributed by atoms with van der Waals surface area (Å²) < 4.78 is 10.5. The highest BCUT2D eigenvalue weighted by molar-refractivity contribution is 6.42. The first kappa shape index (κ1) is 17.4. The Morgan fingerprint density at radius 2 is 1.83 bits per heavy atom. The maximum atomic E-state index is 12.5. The Bertz CT molecular complexity index is 719. The fourth-order valence-electron chi connectivity index (χ4n) is 2.21. The second-order valence-electron chi connectivity index (χ2n) is 4.91. The fraction of sp³-hybridized carbons (Fsp3) is 0.235. The minimum atomic E-state index is -0.265. The summed E-state index contributed by atoms with van der Waals surface area (Å²) in [5.74, 6) is 0.635. The van der Waals surface area contributed by atoms with Crippen LogP contribution >= 0.6 is 23.2 Å². The molecule has 1 unspecified atom stereocenters. The smallest absolute Gasteiger partial charge is 0.255 e. The summed E-state index contributed by atoms with van der Waals surface area (Å²) in [6, 6.07) is 10.2.